The van der Waals surface area contributed by atoms with Crippen molar-refractivity contribution in [3.8, 4) is 0 Å². The average molecular weight is 310 g/mol. The van der Waals surface area contributed by atoms with Crippen LogP contribution in [-0.4, -0.2) is 36.5 Å². The van der Waals surface area contributed by atoms with Crippen LogP contribution in [0.25, 0.3) is 0 Å². The first kappa shape index (κ1) is 16.3. The fraction of sp³-hybridized carbons (Fsp3) is 0.562. The van der Waals surface area contributed by atoms with Crippen LogP contribution in [0.5, 0.6) is 0 Å². The number of nitrogens with one attached hydrogen (secondary N) is 1. The molecular weight excluding hydrogens is 286 g/mol. The largest absolute Gasteiger partial charge is 0.348 e. The third kappa shape index (κ3) is 4.43. The first-order valence-electron chi connectivity index (χ1n) is 7.49. The summed E-state index contributed by atoms with van der Waals surface area (Å²) in [5, 5.41) is 3.70. The molecule has 0 radical (unpaired) electrons. The lowest BCUT2D eigenvalue weighted by atomic mass is 10.0. The highest BCUT2D eigenvalue weighted by atomic mass is 35.5. The van der Waals surface area contributed by atoms with Crippen LogP contribution in [0.2, 0.25) is 5.02 Å². The Morgan fingerprint density at radius 2 is 2.19 bits per heavy atom. The van der Waals surface area contributed by atoms with Gasteiger partial charge in [-0.1, -0.05) is 29.8 Å². The molecule has 1 aliphatic heterocycles. The van der Waals surface area contributed by atoms with Crippen LogP contribution >= 0.6 is 11.6 Å². The van der Waals surface area contributed by atoms with Crippen molar-refractivity contribution < 1.29 is 4.79 Å². The number of likely N-dealkylation sites (tertiary alicyclic amines) is 1. The number of nitrogens with zero attached hydrogens (tertiary/aromatic N) is 1. The summed E-state index contributed by atoms with van der Waals surface area (Å²) in [5.41, 5.74) is 6.87. The van der Waals surface area contributed by atoms with E-state index < -0.39 is 0 Å². The lowest BCUT2D eigenvalue weighted by molar-refractivity contribution is -0.122. The Balaban J connectivity index is 1.84. The summed E-state index contributed by atoms with van der Waals surface area (Å²) in [6, 6.07) is 7.71. The van der Waals surface area contributed by atoms with Crippen LogP contribution in [0.1, 0.15) is 31.9 Å². The molecule has 5 heteroatoms. The molecule has 21 heavy (non-hydrogen) atoms. The van der Waals surface area contributed by atoms with Gasteiger partial charge in [-0.25, -0.2) is 0 Å². The third-order valence-electron chi connectivity index (χ3n) is 4.17. The van der Waals surface area contributed by atoms with Gasteiger partial charge in [-0.2, -0.15) is 0 Å². The molecule has 0 aromatic heterocycles. The SMILES string of the molecule is CC(NC(=O)CN1CCC(C(C)N)C1)c1ccccc1Cl. The zero-order valence-electron chi connectivity index (χ0n) is 12.7. The Morgan fingerprint density at radius 1 is 1.48 bits per heavy atom. The van der Waals surface area contributed by atoms with Gasteiger partial charge in [0.2, 0.25) is 5.91 Å². The van der Waals surface area contributed by atoms with Crippen molar-refractivity contribution in [2.45, 2.75) is 32.4 Å². The van der Waals surface area contributed by atoms with Crippen molar-refractivity contribution in [3.05, 3.63) is 34.9 Å². The van der Waals surface area contributed by atoms with Crippen LogP contribution < -0.4 is 11.1 Å². The van der Waals surface area contributed by atoms with Crippen molar-refractivity contribution in [2.24, 2.45) is 11.7 Å². The summed E-state index contributed by atoms with van der Waals surface area (Å²) in [6.45, 7) is 6.27. The zero-order chi connectivity index (χ0) is 15.4. The number of rotatable bonds is 5. The zero-order valence-corrected chi connectivity index (χ0v) is 13.4. The van der Waals surface area contributed by atoms with Gasteiger partial charge in [0.15, 0.2) is 0 Å². The summed E-state index contributed by atoms with van der Waals surface area (Å²) in [5.74, 6) is 0.534. The maximum absolute atomic E-state index is 12.1. The van der Waals surface area contributed by atoms with E-state index in [0.29, 0.717) is 17.5 Å². The van der Waals surface area contributed by atoms with E-state index in [4.69, 9.17) is 17.3 Å². The molecule has 116 valence electrons. The number of benzene rings is 1. The van der Waals surface area contributed by atoms with Crippen LogP contribution in [0.3, 0.4) is 0 Å². The number of nitrogens with two attached hydrogens (primary N) is 1. The standard InChI is InChI=1S/C16H24ClN3O/c1-11(18)13-7-8-20(9-13)10-16(21)19-12(2)14-5-3-4-6-15(14)17/h3-6,11-13H,7-10,18H2,1-2H3,(H,19,21). The quantitative estimate of drug-likeness (QED) is 0.876. The Morgan fingerprint density at radius 3 is 2.81 bits per heavy atom. The number of halogens is 1. The van der Waals surface area contributed by atoms with Crippen molar-refractivity contribution in [2.75, 3.05) is 19.6 Å². The van der Waals surface area contributed by atoms with Gasteiger partial charge in [-0.3, -0.25) is 9.69 Å². The molecule has 0 aliphatic carbocycles. The second-order valence-electron chi connectivity index (χ2n) is 5.95. The minimum atomic E-state index is -0.0852. The van der Waals surface area contributed by atoms with Gasteiger partial charge >= 0.3 is 0 Å². The number of carbonyl (C=O) groups is 1. The Labute approximate surface area is 131 Å². The molecule has 0 spiro atoms. The third-order valence-corrected chi connectivity index (χ3v) is 4.51. The maximum atomic E-state index is 12.1. The summed E-state index contributed by atoms with van der Waals surface area (Å²) in [4.78, 5) is 14.3. The first-order valence-corrected chi connectivity index (χ1v) is 7.87. The van der Waals surface area contributed by atoms with E-state index in [2.05, 4.69) is 10.2 Å². The molecule has 1 aliphatic rings. The lowest BCUT2D eigenvalue weighted by Gasteiger charge is -2.20. The predicted molar refractivity (Wildman–Crippen MR) is 86.2 cm³/mol. The van der Waals surface area contributed by atoms with Crippen molar-refractivity contribution in [3.63, 3.8) is 0 Å². The smallest absolute Gasteiger partial charge is 0.234 e. The van der Waals surface area contributed by atoms with Crippen LogP contribution in [0, 0.1) is 5.92 Å². The highest BCUT2D eigenvalue weighted by Crippen LogP contribution is 2.22. The van der Waals surface area contributed by atoms with Gasteiger partial charge in [0.1, 0.15) is 0 Å². The summed E-state index contributed by atoms with van der Waals surface area (Å²) in [6.07, 6.45) is 1.07. The van der Waals surface area contributed by atoms with Gasteiger partial charge in [-0.15, -0.1) is 0 Å². The fourth-order valence-electron chi connectivity index (χ4n) is 2.83. The van der Waals surface area contributed by atoms with E-state index in [0.717, 1.165) is 25.1 Å². The van der Waals surface area contributed by atoms with Crippen molar-refractivity contribution >= 4 is 17.5 Å². The van der Waals surface area contributed by atoms with Gasteiger partial charge < -0.3 is 11.1 Å². The maximum Gasteiger partial charge on any atom is 0.234 e. The Kier molecular flexibility index (Phi) is 5.62. The van der Waals surface area contributed by atoms with Gasteiger partial charge in [0.05, 0.1) is 12.6 Å². The van der Waals surface area contributed by atoms with E-state index in [1.807, 2.05) is 38.1 Å². The van der Waals surface area contributed by atoms with Gasteiger partial charge in [-0.05, 0) is 44.4 Å². The minimum Gasteiger partial charge on any atom is -0.348 e. The molecule has 0 saturated carbocycles. The number of hydrogen-bond donors (Lipinski definition) is 2. The molecule has 3 unspecified atom stereocenters. The topological polar surface area (TPSA) is 58.4 Å². The van der Waals surface area contributed by atoms with Gasteiger partial charge in [0.25, 0.3) is 0 Å². The Hall–Kier alpha value is -1.10. The molecule has 0 bridgehead atoms. The fourth-order valence-corrected chi connectivity index (χ4v) is 3.13. The normalized spacial score (nSPS) is 22.0. The molecular formula is C16H24ClN3O. The first-order chi connectivity index (χ1) is 9.97. The van der Waals surface area contributed by atoms with Crippen LogP contribution in [0.4, 0.5) is 0 Å². The minimum absolute atomic E-state index is 0.0349. The van der Waals surface area contributed by atoms with Crippen LogP contribution in [0.15, 0.2) is 24.3 Å². The second kappa shape index (κ2) is 7.25. The average Bonchev–Trinajstić information content (AvgIpc) is 2.87. The van der Waals surface area contributed by atoms with Gasteiger partial charge in [0, 0.05) is 17.6 Å². The molecule has 1 fully saturated rings. The molecule has 2 rings (SSSR count). The molecule has 1 amide bonds. The molecule has 3 N–H and O–H groups in total. The molecule has 3 atom stereocenters. The molecule has 1 aromatic carbocycles. The van der Waals surface area contributed by atoms with Crippen molar-refractivity contribution in [1.82, 2.24) is 10.2 Å². The highest BCUT2D eigenvalue weighted by Gasteiger charge is 2.26. The van der Waals surface area contributed by atoms with E-state index in [1.54, 1.807) is 0 Å². The monoisotopic (exact) mass is 309 g/mol. The summed E-state index contributed by atoms with van der Waals surface area (Å²) >= 11 is 6.15. The molecule has 1 aromatic rings. The van der Waals surface area contributed by atoms with E-state index in [1.165, 1.54) is 0 Å². The van der Waals surface area contributed by atoms with Crippen LogP contribution in [-0.2, 0) is 4.79 Å². The number of hydrogen-bond acceptors (Lipinski definition) is 3. The van der Waals surface area contributed by atoms with E-state index >= 15 is 0 Å². The molecule has 4 nitrogen and oxygen atoms in total. The molecule has 1 heterocycles. The number of carbonyl (C=O) groups excluding carboxylic acids is 1. The van der Waals surface area contributed by atoms with Crippen molar-refractivity contribution in [1.29, 1.82) is 0 Å². The number of amides is 1. The van der Waals surface area contributed by atoms with E-state index in [-0.39, 0.29) is 18.0 Å². The highest BCUT2D eigenvalue weighted by molar-refractivity contribution is 6.31. The van der Waals surface area contributed by atoms with E-state index in [9.17, 15) is 4.79 Å². The summed E-state index contributed by atoms with van der Waals surface area (Å²) < 4.78 is 0. The Bertz CT molecular complexity index is 492. The second-order valence-corrected chi connectivity index (χ2v) is 6.36. The molecule has 1 saturated heterocycles. The predicted octanol–water partition coefficient (Wildman–Crippen LogP) is 2.19. The summed E-state index contributed by atoms with van der Waals surface area (Å²) in [7, 11) is 0. The lowest BCUT2D eigenvalue weighted by Crippen LogP contribution is -2.38.